The molecule has 3 rings (SSSR count). The predicted molar refractivity (Wildman–Crippen MR) is 109 cm³/mol. The summed E-state index contributed by atoms with van der Waals surface area (Å²) in [6.45, 7) is 1.88. The number of methoxy groups -OCH3 is 1. The molecule has 1 heterocycles. The summed E-state index contributed by atoms with van der Waals surface area (Å²) in [6, 6.07) is 13.6. The van der Waals surface area contributed by atoms with Crippen molar-refractivity contribution in [2.24, 2.45) is 0 Å². The van der Waals surface area contributed by atoms with E-state index in [9.17, 15) is 13.2 Å². The minimum atomic E-state index is -3.72. The highest BCUT2D eigenvalue weighted by atomic mass is 32.2. The average Bonchev–Trinajstić information content (AvgIpc) is 3.08. The predicted octanol–water partition coefficient (Wildman–Crippen LogP) is 3.44. The zero-order chi connectivity index (χ0) is 20.1. The zero-order valence-corrected chi connectivity index (χ0v) is 16.9. The number of ether oxygens (including phenoxy) is 1. The Bertz CT molecular complexity index is 1080. The second-order valence-corrected chi connectivity index (χ2v) is 8.53. The molecule has 0 fully saturated rings. The lowest BCUT2D eigenvalue weighted by Gasteiger charge is -2.09. The van der Waals surface area contributed by atoms with Crippen molar-refractivity contribution < 1.29 is 17.9 Å². The minimum Gasteiger partial charge on any atom is -0.495 e. The number of nitrogens with one attached hydrogen (secondary N) is 2. The summed E-state index contributed by atoms with van der Waals surface area (Å²) in [5, 5.41) is 4.62. The number of hydrogen-bond donors (Lipinski definition) is 2. The van der Waals surface area contributed by atoms with Crippen LogP contribution in [0.5, 0.6) is 5.75 Å². The van der Waals surface area contributed by atoms with E-state index in [0.717, 1.165) is 16.9 Å². The van der Waals surface area contributed by atoms with Crippen molar-refractivity contribution in [1.82, 2.24) is 4.98 Å². The highest BCUT2D eigenvalue weighted by Crippen LogP contribution is 2.24. The molecule has 0 unspecified atom stereocenters. The van der Waals surface area contributed by atoms with Gasteiger partial charge in [0.05, 0.1) is 29.8 Å². The number of sulfonamides is 1. The molecule has 0 radical (unpaired) electrons. The molecule has 2 N–H and O–H groups in total. The Morgan fingerprint density at radius 1 is 1.14 bits per heavy atom. The first-order chi connectivity index (χ1) is 13.4. The van der Waals surface area contributed by atoms with Crippen LogP contribution in [-0.4, -0.2) is 26.4 Å². The first kappa shape index (κ1) is 19.8. The summed E-state index contributed by atoms with van der Waals surface area (Å²) in [6.07, 6.45) is 0.0147. The molecule has 0 aliphatic rings. The van der Waals surface area contributed by atoms with Gasteiger partial charge in [0, 0.05) is 5.38 Å². The number of aryl methyl sites for hydroxylation is 1. The number of anilines is 2. The van der Waals surface area contributed by atoms with E-state index in [1.807, 2.05) is 6.92 Å². The summed E-state index contributed by atoms with van der Waals surface area (Å²) in [5.74, 6) is 0.281. The van der Waals surface area contributed by atoms with Crippen molar-refractivity contribution in [3.05, 3.63) is 65.2 Å². The van der Waals surface area contributed by atoms with Crippen LogP contribution in [0, 0.1) is 6.92 Å². The maximum absolute atomic E-state index is 12.4. The third-order valence-electron chi connectivity index (χ3n) is 3.83. The number of carbonyl (C=O) groups excluding carboxylic acids is 1. The van der Waals surface area contributed by atoms with Crippen molar-refractivity contribution in [1.29, 1.82) is 0 Å². The van der Waals surface area contributed by atoms with Crippen molar-refractivity contribution in [2.45, 2.75) is 18.2 Å². The van der Waals surface area contributed by atoms with Crippen LogP contribution in [-0.2, 0) is 21.2 Å². The fourth-order valence-corrected chi connectivity index (χ4v) is 4.40. The van der Waals surface area contributed by atoms with Gasteiger partial charge in [0.1, 0.15) is 5.75 Å². The molecule has 1 aromatic heterocycles. The molecule has 0 aliphatic carbocycles. The number of rotatable bonds is 7. The van der Waals surface area contributed by atoms with Gasteiger partial charge in [0.25, 0.3) is 10.0 Å². The Labute approximate surface area is 167 Å². The van der Waals surface area contributed by atoms with Gasteiger partial charge in [-0.05, 0) is 31.2 Å². The molecule has 9 heteroatoms. The number of nitrogens with zero attached hydrogens (tertiary/aromatic N) is 1. The zero-order valence-electron chi connectivity index (χ0n) is 15.3. The molecule has 7 nitrogen and oxygen atoms in total. The number of para-hydroxylation sites is 2. The van der Waals surface area contributed by atoms with E-state index >= 15 is 0 Å². The fourth-order valence-electron chi connectivity index (χ4n) is 2.43. The van der Waals surface area contributed by atoms with Crippen molar-refractivity contribution in [2.75, 3.05) is 17.1 Å². The number of aromatic nitrogens is 1. The summed E-state index contributed by atoms with van der Waals surface area (Å²) >= 11 is 1.12. The molecule has 146 valence electrons. The van der Waals surface area contributed by atoms with Crippen LogP contribution < -0.4 is 14.8 Å². The second kappa shape index (κ2) is 8.41. The fraction of sp³-hybridized carbons (Fsp3) is 0.158. The first-order valence-corrected chi connectivity index (χ1v) is 10.7. The molecule has 0 spiro atoms. The SMILES string of the molecule is COc1ccccc1NC(=O)Cc1csc(NS(=O)(=O)c2ccc(C)cc2)n1. The van der Waals surface area contributed by atoms with E-state index in [1.54, 1.807) is 41.8 Å². The Hall–Kier alpha value is -2.91. The normalized spacial score (nSPS) is 11.1. The lowest BCUT2D eigenvalue weighted by atomic mass is 10.2. The van der Waals surface area contributed by atoms with Gasteiger partial charge in [-0.15, -0.1) is 11.3 Å². The summed E-state index contributed by atoms with van der Waals surface area (Å²) in [5.41, 5.74) is 2.00. The van der Waals surface area contributed by atoms with E-state index < -0.39 is 10.0 Å². The molecule has 3 aromatic rings. The number of amides is 1. The smallest absolute Gasteiger partial charge is 0.263 e. The topological polar surface area (TPSA) is 97.4 Å². The van der Waals surface area contributed by atoms with Gasteiger partial charge in [0.15, 0.2) is 5.13 Å². The van der Waals surface area contributed by atoms with E-state index in [4.69, 9.17) is 4.74 Å². The molecule has 0 aliphatic heterocycles. The Morgan fingerprint density at radius 3 is 2.57 bits per heavy atom. The lowest BCUT2D eigenvalue weighted by molar-refractivity contribution is -0.115. The molecule has 0 saturated carbocycles. The van der Waals surface area contributed by atoms with Crippen molar-refractivity contribution >= 4 is 38.1 Å². The monoisotopic (exact) mass is 417 g/mol. The quantitative estimate of drug-likeness (QED) is 0.614. The van der Waals surface area contributed by atoms with Crippen LogP contribution in [0.25, 0.3) is 0 Å². The Morgan fingerprint density at radius 2 is 1.86 bits per heavy atom. The third-order valence-corrected chi connectivity index (χ3v) is 6.12. The maximum Gasteiger partial charge on any atom is 0.263 e. The second-order valence-electron chi connectivity index (χ2n) is 5.99. The molecule has 0 atom stereocenters. The van der Waals surface area contributed by atoms with Gasteiger partial charge in [-0.1, -0.05) is 29.8 Å². The molecule has 0 bridgehead atoms. The molecule has 2 aromatic carbocycles. The van der Waals surface area contributed by atoms with Gasteiger partial charge in [-0.2, -0.15) is 0 Å². The first-order valence-electron chi connectivity index (χ1n) is 8.34. The highest BCUT2D eigenvalue weighted by molar-refractivity contribution is 7.93. The number of hydrogen-bond acceptors (Lipinski definition) is 6. The maximum atomic E-state index is 12.4. The summed E-state index contributed by atoms with van der Waals surface area (Å²) in [4.78, 5) is 16.6. The molecule has 0 saturated heterocycles. The number of thiazole rings is 1. The Kier molecular flexibility index (Phi) is 5.96. The van der Waals surface area contributed by atoms with Crippen LogP contribution in [0.3, 0.4) is 0 Å². The van der Waals surface area contributed by atoms with Gasteiger partial charge in [-0.3, -0.25) is 9.52 Å². The van der Waals surface area contributed by atoms with E-state index in [1.165, 1.54) is 19.2 Å². The van der Waals surface area contributed by atoms with Gasteiger partial charge in [0.2, 0.25) is 5.91 Å². The third kappa shape index (κ3) is 4.87. The molecular weight excluding hydrogens is 398 g/mol. The average molecular weight is 418 g/mol. The Balaban J connectivity index is 1.65. The molecule has 28 heavy (non-hydrogen) atoms. The lowest BCUT2D eigenvalue weighted by Crippen LogP contribution is -2.15. The van der Waals surface area contributed by atoms with E-state index in [2.05, 4.69) is 15.0 Å². The largest absolute Gasteiger partial charge is 0.495 e. The number of benzene rings is 2. The van der Waals surface area contributed by atoms with Crippen LogP contribution in [0.2, 0.25) is 0 Å². The standard InChI is InChI=1S/C19H19N3O4S2/c1-13-7-9-15(10-8-13)28(24,25)22-19-20-14(12-27-19)11-18(23)21-16-5-3-4-6-17(16)26-2/h3-10,12H,11H2,1-2H3,(H,20,22)(H,21,23). The van der Waals surface area contributed by atoms with Gasteiger partial charge < -0.3 is 10.1 Å². The summed E-state index contributed by atoms with van der Waals surface area (Å²) < 4.78 is 32.5. The van der Waals surface area contributed by atoms with Crippen molar-refractivity contribution in [3.8, 4) is 5.75 Å². The molecular formula is C19H19N3O4S2. The van der Waals surface area contributed by atoms with Crippen LogP contribution in [0.1, 0.15) is 11.3 Å². The number of carbonyl (C=O) groups is 1. The summed E-state index contributed by atoms with van der Waals surface area (Å²) in [7, 11) is -2.20. The van der Waals surface area contributed by atoms with Crippen LogP contribution in [0.4, 0.5) is 10.8 Å². The van der Waals surface area contributed by atoms with Gasteiger partial charge in [-0.25, -0.2) is 13.4 Å². The van der Waals surface area contributed by atoms with Gasteiger partial charge >= 0.3 is 0 Å². The van der Waals surface area contributed by atoms with Crippen LogP contribution >= 0.6 is 11.3 Å². The molecule has 1 amide bonds. The minimum absolute atomic E-state index is 0.0147. The van der Waals surface area contributed by atoms with E-state index in [-0.39, 0.29) is 22.4 Å². The van der Waals surface area contributed by atoms with Crippen LogP contribution in [0.15, 0.2) is 58.8 Å². The van der Waals surface area contributed by atoms with E-state index in [0.29, 0.717) is 17.1 Å². The highest BCUT2D eigenvalue weighted by Gasteiger charge is 2.17. The van der Waals surface area contributed by atoms with Crippen molar-refractivity contribution in [3.63, 3.8) is 0 Å².